The third-order valence-corrected chi connectivity index (χ3v) is 3.86. The number of halogens is 1. The molecule has 0 aliphatic carbocycles. The van der Waals surface area contributed by atoms with E-state index in [9.17, 15) is 4.39 Å². The van der Waals surface area contributed by atoms with Crippen molar-refractivity contribution in [1.29, 1.82) is 0 Å². The van der Waals surface area contributed by atoms with Crippen molar-refractivity contribution >= 4 is 5.69 Å². The zero-order valence-electron chi connectivity index (χ0n) is 11.6. The summed E-state index contributed by atoms with van der Waals surface area (Å²) in [5.41, 5.74) is 3.65. The van der Waals surface area contributed by atoms with E-state index in [1.54, 1.807) is 0 Å². The smallest absolute Gasteiger partial charge is 0.123 e. The van der Waals surface area contributed by atoms with Gasteiger partial charge in [-0.15, -0.1) is 0 Å². The standard InChI is InChI=1S/C17H19FN2/c1-13-2-4-14(5-3-13)17-12-19-10-11-20(17)16-8-6-15(18)7-9-16/h2-9,17,19H,10-12H2,1H3. The summed E-state index contributed by atoms with van der Waals surface area (Å²) < 4.78 is 13.1. The molecule has 1 N–H and O–H groups in total. The number of hydrogen-bond acceptors (Lipinski definition) is 2. The molecular formula is C17H19FN2. The van der Waals surface area contributed by atoms with Gasteiger partial charge in [0.2, 0.25) is 0 Å². The van der Waals surface area contributed by atoms with Crippen LogP contribution in [0.25, 0.3) is 0 Å². The van der Waals surface area contributed by atoms with Crippen molar-refractivity contribution in [2.75, 3.05) is 24.5 Å². The summed E-state index contributed by atoms with van der Waals surface area (Å²) in [5, 5.41) is 3.44. The van der Waals surface area contributed by atoms with Crippen LogP contribution in [0, 0.1) is 12.7 Å². The van der Waals surface area contributed by atoms with Crippen LogP contribution in [0.4, 0.5) is 10.1 Å². The molecule has 1 aliphatic heterocycles. The lowest BCUT2D eigenvalue weighted by atomic mass is 10.0. The van der Waals surface area contributed by atoms with Gasteiger partial charge in [-0.1, -0.05) is 29.8 Å². The lowest BCUT2D eigenvalue weighted by Gasteiger charge is -2.38. The van der Waals surface area contributed by atoms with Gasteiger partial charge < -0.3 is 10.2 Å². The predicted octanol–water partition coefficient (Wildman–Crippen LogP) is 3.29. The summed E-state index contributed by atoms with van der Waals surface area (Å²) in [7, 11) is 0. The van der Waals surface area contributed by atoms with E-state index in [0.29, 0.717) is 6.04 Å². The number of aryl methyl sites for hydroxylation is 1. The zero-order chi connectivity index (χ0) is 13.9. The van der Waals surface area contributed by atoms with Gasteiger partial charge in [0.05, 0.1) is 6.04 Å². The molecule has 104 valence electrons. The van der Waals surface area contributed by atoms with Crippen LogP contribution in [0.15, 0.2) is 48.5 Å². The Hall–Kier alpha value is -1.87. The lowest BCUT2D eigenvalue weighted by Crippen LogP contribution is -2.46. The van der Waals surface area contributed by atoms with Gasteiger partial charge in [0.25, 0.3) is 0 Å². The fourth-order valence-corrected chi connectivity index (χ4v) is 2.73. The van der Waals surface area contributed by atoms with E-state index in [1.807, 2.05) is 12.1 Å². The average Bonchev–Trinajstić information content (AvgIpc) is 2.49. The summed E-state index contributed by atoms with van der Waals surface area (Å²) >= 11 is 0. The lowest BCUT2D eigenvalue weighted by molar-refractivity contribution is 0.489. The molecule has 0 spiro atoms. The second kappa shape index (κ2) is 5.63. The summed E-state index contributed by atoms with van der Waals surface area (Å²) in [6, 6.07) is 15.7. The molecule has 1 fully saturated rings. The Morgan fingerprint density at radius 3 is 2.45 bits per heavy atom. The van der Waals surface area contributed by atoms with E-state index in [2.05, 4.69) is 41.4 Å². The Bertz CT molecular complexity index is 509. The van der Waals surface area contributed by atoms with Crippen LogP contribution in [-0.4, -0.2) is 19.6 Å². The van der Waals surface area contributed by atoms with Crippen molar-refractivity contribution in [2.24, 2.45) is 0 Å². The van der Waals surface area contributed by atoms with E-state index in [4.69, 9.17) is 0 Å². The summed E-state index contributed by atoms with van der Waals surface area (Å²) in [5.74, 6) is -0.184. The quantitative estimate of drug-likeness (QED) is 0.901. The number of nitrogens with zero attached hydrogens (tertiary/aromatic N) is 1. The van der Waals surface area contributed by atoms with E-state index in [0.717, 1.165) is 25.3 Å². The maximum Gasteiger partial charge on any atom is 0.123 e. The molecule has 3 rings (SSSR count). The highest BCUT2D eigenvalue weighted by Crippen LogP contribution is 2.28. The average molecular weight is 270 g/mol. The molecule has 0 amide bonds. The number of anilines is 1. The Morgan fingerprint density at radius 1 is 1.05 bits per heavy atom. The molecule has 0 radical (unpaired) electrons. The SMILES string of the molecule is Cc1ccc(C2CNCCN2c2ccc(F)cc2)cc1. The molecule has 3 heteroatoms. The van der Waals surface area contributed by atoms with E-state index in [1.165, 1.54) is 23.3 Å². The fourth-order valence-electron chi connectivity index (χ4n) is 2.73. The maximum absolute atomic E-state index is 13.1. The summed E-state index contributed by atoms with van der Waals surface area (Å²) in [4.78, 5) is 2.35. The van der Waals surface area contributed by atoms with Crippen molar-refractivity contribution in [2.45, 2.75) is 13.0 Å². The van der Waals surface area contributed by atoms with Gasteiger partial charge in [0.1, 0.15) is 5.82 Å². The monoisotopic (exact) mass is 270 g/mol. The van der Waals surface area contributed by atoms with Gasteiger partial charge in [0.15, 0.2) is 0 Å². The summed E-state index contributed by atoms with van der Waals surface area (Å²) in [6.45, 7) is 4.91. The third-order valence-electron chi connectivity index (χ3n) is 3.86. The van der Waals surface area contributed by atoms with Crippen LogP contribution < -0.4 is 10.2 Å². The topological polar surface area (TPSA) is 15.3 Å². The Labute approximate surface area is 119 Å². The number of benzene rings is 2. The second-order valence-corrected chi connectivity index (χ2v) is 5.30. The summed E-state index contributed by atoms with van der Waals surface area (Å²) in [6.07, 6.45) is 0. The molecule has 2 nitrogen and oxygen atoms in total. The third kappa shape index (κ3) is 2.68. The van der Waals surface area contributed by atoms with Gasteiger partial charge in [-0.05, 0) is 36.8 Å². The van der Waals surface area contributed by atoms with Crippen molar-refractivity contribution in [3.8, 4) is 0 Å². The number of nitrogens with one attached hydrogen (secondary N) is 1. The number of hydrogen-bond donors (Lipinski definition) is 1. The Balaban J connectivity index is 1.90. The van der Waals surface area contributed by atoms with Crippen molar-refractivity contribution in [3.05, 3.63) is 65.5 Å². The Morgan fingerprint density at radius 2 is 1.75 bits per heavy atom. The van der Waals surface area contributed by atoms with Gasteiger partial charge in [-0.25, -0.2) is 4.39 Å². The van der Waals surface area contributed by atoms with E-state index < -0.39 is 0 Å². The van der Waals surface area contributed by atoms with Gasteiger partial charge >= 0.3 is 0 Å². The minimum Gasteiger partial charge on any atom is -0.362 e. The first-order chi connectivity index (χ1) is 9.74. The molecular weight excluding hydrogens is 251 g/mol. The minimum absolute atomic E-state index is 0.184. The molecule has 0 bridgehead atoms. The molecule has 2 aromatic rings. The molecule has 1 saturated heterocycles. The zero-order valence-corrected chi connectivity index (χ0v) is 11.6. The first-order valence-corrected chi connectivity index (χ1v) is 7.03. The molecule has 2 aromatic carbocycles. The number of piperazine rings is 1. The maximum atomic E-state index is 13.1. The largest absolute Gasteiger partial charge is 0.362 e. The highest BCUT2D eigenvalue weighted by Gasteiger charge is 2.23. The van der Waals surface area contributed by atoms with Crippen LogP contribution in [-0.2, 0) is 0 Å². The first-order valence-electron chi connectivity index (χ1n) is 7.03. The molecule has 0 saturated carbocycles. The van der Waals surface area contributed by atoms with Crippen LogP contribution >= 0.6 is 0 Å². The Kier molecular flexibility index (Phi) is 3.70. The predicted molar refractivity (Wildman–Crippen MR) is 80.5 cm³/mol. The highest BCUT2D eigenvalue weighted by molar-refractivity contribution is 5.50. The fraction of sp³-hybridized carbons (Fsp3) is 0.294. The molecule has 1 unspecified atom stereocenters. The molecule has 1 heterocycles. The molecule has 1 atom stereocenters. The van der Waals surface area contributed by atoms with Gasteiger partial charge in [-0.3, -0.25) is 0 Å². The minimum atomic E-state index is -0.184. The van der Waals surface area contributed by atoms with Crippen molar-refractivity contribution < 1.29 is 4.39 Å². The number of rotatable bonds is 2. The second-order valence-electron chi connectivity index (χ2n) is 5.30. The normalized spacial score (nSPS) is 19.1. The van der Waals surface area contributed by atoms with Crippen molar-refractivity contribution in [1.82, 2.24) is 5.32 Å². The van der Waals surface area contributed by atoms with E-state index >= 15 is 0 Å². The van der Waals surface area contributed by atoms with Crippen molar-refractivity contribution in [3.63, 3.8) is 0 Å². The van der Waals surface area contributed by atoms with Crippen LogP contribution in [0.2, 0.25) is 0 Å². The molecule has 1 aliphatic rings. The molecule has 20 heavy (non-hydrogen) atoms. The van der Waals surface area contributed by atoms with Gasteiger partial charge in [-0.2, -0.15) is 0 Å². The molecule has 0 aromatic heterocycles. The van der Waals surface area contributed by atoms with Crippen LogP contribution in [0.1, 0.15) is 17.2 Å². The van der Waals surface area contributed by atoms with Crippen LogP contribution in [0.3, 0.4) is 0 Å². The highest BCUT2D eigenvalue weighted by atomic mass is 19.1. The van der Waals surface area contributed by atoms with Crippen LogP contribution in [0.5, 0.6) is 0 Å². The van der Waals surface area contributed by atoms with Gasteiger partial charge in [0, 0.05) is 25.3 Å². The van der Waals surface area contributed by atoms with E-state index in [-0.39, 0.29) is 5.82 Å². The first kappa shape index (κ1) is 13.1.